The van der Waals surface area contributed by atoms with Gasteiger partial charge in [0.15, 0.2) is 0 Å². The van der Waals surface area contributed by atoms with E-state index in [4.69, 9.17) is 4.55 Å². The van der Waals surface area contributed by atoms with Crippen molar-refractivity contribution in [3.63, 3.8) is 0 Å². The van der Waals surface area contributed by atoms with Crippen LogP contribution in [-0.4, -0.2) is 14.8 Å². The van der Waals surface area contributed by atoms with Crippen LogP contribution in [0.1, 0.15) is 26.7 Å². The Morgan fingerprint density at radius 1 is 1.56 bits per heavy atom. The van der Waals surface area contributed by atoms with Crippen molar-refractivity contribution in [1.29, 1.82) is 0 Å². The van der Waals surface area contributed by atoms with Gasteiger partial charge < -0.3 is 0 Å². The highest BCUT2D eigenvalue weighted by Crippen LogP contribution is 1.95. The molecule has 0 fully saturated rings. The molecule has 0 aromatic rings. The second kappa shape index (κ2) is 4.90. The predicted molar refractivity (Wildman–Crippen MR) is 38.3 cm³/mol. The molecule has 4 heteroatoms. The molecule has 1 atom stereocenters. The van der Waals surface area contributed by atoms with Crippen LogP contribution in [0.3, 0.4) is 0 Å². The van der Waals surface area contributed by atoms with Crippen molar-refractivity contribution >= 4 is 11.3 Å². The molecule has 0 saturated carbocycles. The fourth-order valence-corrected chi connectivity index (χ4v) is 1.22. The van der Waals surface area contributed by atoms with Crippen LogP contribution in [0.5, 0.6) is 0 Å². The number of nitrogens with one attached hydrogen (secondary N) is 1. The topological polar surface area (TPSA) is 49.3 Å². The van der Waals surface area contributed by atoms with E-state index in [0.29, 0.717) is 0 Å². The Hall–Kier alpha value is 0.0700. The van der Waals surface area contributed by atoms with Gasteiger partial charge >= 0.3 is 0 Å². The first-order valence-electron chi connectivity index (χ1n) is 3.07. The number of hydrogen-bond donors (Lipinski definition) is 2. The molecule has 0 aliphatic carbocycles. The van der Waals surface area contributed by atoms with Crippen molar-refractivity contribution in [2.24, 2.45) is 0 Å². The second-order valence-electron chi connectivity index (χ2n) is 1.88. The van der Waals surface area contributed by atoms with Crippen LogP contribution in [-0.2, 0) is 11.3 Å². The fourth-order valence-electron chi connectivity index (χ4n) is 0.598. The summed E-state index contributed by atoms with van der Waals surface area (Å²) in [4.78, 5) is 0. The van der Waals surface area contributed by atoms with Gasteiger partial charge in [-0.2, -0.15) is 0 Å². The molecule has 0 spiro atoms. The molecule has 9 heavy (non-hydrogen) atoms. The lowest BCUT2D eigenvalue weighted by atomic mass is 10.2. The molecule has 0 heterocycles. The van der Waals surface area contributed by atoms with Gasteiger partial charge in [-0.3, -0.25) is 4.55 Å². The Labute approximate surface area is 58.3 Å². The van der Waals surface area contributed by atoms with Crippen LogP contribution in [0.25, 0.3) is 0 Å². The Morgan fingerprint density at radius 2 is 2.00 bits per heavy atom. The Morgan fingerprint density at radius 3 is 2.11 bits per heavy atom. The van der Waals surface area contributed by atoms with E-state index in [9.17, 15) is 4.21 Å². The standard InChI is InChI=1S/C5H13NO2S/c1-3-5(4-2)6-9(7)8/h5-6H,3-4H2,1-2H3,(H,7,8). The molecule has 0 saturated heterocycles. The molecule has 0 bridgehead atoms. The fraction of sp³-hybridized carbons (Fsp3) is 1.00. The van der Waals surface area contributed by atoms with Crippen molar-refractivity contribution in [2.75, 3.05) is 0 Å². The summed E-state index contributed by atoms with van der Waals surface area (Å²) in [5.74, 6) is 0. The van der Waals surface area contributed by atoms with Gasteiger partial charge in [0.05, 0.1) is 0 Å². The number of rotatable bonds is 4. The van der Waals surface area contributed by atoms with Gasteiger partial charge in [0.2, 0.25) is 11.3 Å². The maximum absolute atomic E-state index is 10.1. The summed E-state index contributed by atoms with van der Waals surface area (Å²) in [5.41, 5.74) is 0. The average Bonchev–Trinajstić information content (AvgIpc) is 1.82. The van der Waals surface area contributed by atoms with Gasteiger partial charge in [0.25, 0.3) is 0 Å². The Bertz CT molecular complexity index is 93.0. The lowest BCUT2D eigenvalue weighted by Crippen LogP contribution is -2.28. The van der Waals surface area contributed by atoms with Crippen molar-refractivity contribution < 1.29 is 8.76 Å². The van der Waals surface area contributed by atoms with E-state index in [1.54, 1.807) is 0 Å². The SMILES string of the molecule is CCC(CC)NS(=O)O. The molecule has 0 aliphatic rings. The molecule has 2 N–H and O–H groups in total. The van der Waals surface area contributed by atoms with Crippen molar-refractivity contribution in [2.45, 2.75) is 32.7 Å². The molecule has 0 aromatic carbocycles. The molecule has 0 aliphatic heterocycles. The molecule has 0 aromatic heterocycles. The lowest BCUT2D eigenvalue weighted by molar-refractivity contribution is 0.508. The summed E-state index contributed by atoms with van der Waals surface area (Å²) in [5, 5.41) is 0. The normalized spacial score (nSPS) is 14.2. The van der Waals surface area contributed by atoms with Gasteiger partial charge in [0.1, 0.15) is 0 Å². The number of hydrogen-bond acceptors (Lipinski definition) is 1. The first-order valence-corrected chi connectivity index (χ1v) is 4.18. The summed E-state index contributed by atoms with van der Waals surface area (Å²) in [6, 6.07) is 0.177. The Balaban J connectivity index is 3.43. The highest BCUT2D eigenvalue weighted by Gasteiger charge is 2.03. The van der Waals surface area contributed by atoms with E-state index in [1.807, 2.05) is 13.8 Å². The van der Waals surface area contributed by atoms with Crippen LogP contribution >= 0.6 is 0 Å². The van der Waals surface area contributed by atoms with Crippen LogP contribution in [0.15, 0.2) is 0 Å². The van der Waals surface area contributed by atoms with E-state index >= 15 is 0 Å². The molecule has 0 radical (unpaired) electrons. The first-order chi connectivity index (χ1) is 4.20. The molecule has 0 rings (SSSR count). The van der Waals surface area contributed by atoms with Crippen molar-refractivity contribution in [3.8, 4) is 0 Å². The van der Waals surface area contributed by atoms with E-state index in [0.717, 1.165) is 12.8 Å². The summed E-state index contributed by atoms with van der Waals surface area (Å²) < 4.78 is 21.0. The van der Waals surface area contributed by atoms with E-state index < -0.39 is 11.3 Å². The molecule has 56 valence electrons. The first kappa shape index (κ1) is 9.07. The third kappa shape index (κ3) is 4.57. The Kier molecular flexibility index (Phi) is 4.94. The monoisotopic (exact) mass is 151 g/mol. The summed E-state index contributed by atoms with van der Waals surface area (Å²) in [6.07, 6.45) is 1.78. The van der Waals surface area contributed by atoms with E-state index in [2.05, 4.69) is 4.72 Å². The van der Waals surface area contributed by atoms with Crippen LogP contribution in [0, 0.1) is 0 Å². The third-order valence-electron chi connectivity index (χ3n) is 1.25. The zero-order valence-electron chi connectivity index (χ0n) is 5.76. The van der Waals surface area contributed by atoms with Crippen LogP contribution in [0.4, 0.5) is 0 Å². The van der Waals surface area contributed by atoms with E-state index in [-0.39, 0.29) is 6.04 Å². The maximum Gasteiger partial charge on any atom is 0.231 e. The van der Waals surface area contributed by atoms with Gasteiger partial charge in [-0.15, -0.1) is 0 Å². The van der Waals surface area contributed by atoms with E-state index in [1.165, 1.54) is 0 Å². The highest BCUT2D eigenvalue weighted by atomic mass is 32.2. The van der Waals surface area contributed by atoms with Crippen LogP contribution in [0.2, 0.25) is 0 Å². The zero-order valence-corrected chi connectivity index (χ0v) is 6.57. The van der Waals surface area contributed by atoms with Crippen LogP contribution < -0.4 is 4.72 Å². The average molecular weight is 151 g/mol. The summed E-state index contributed by atoms with van der Waals surface area (Å²) in [7, 11) is 0. The van der Waals surface area contributed by atoms with Crippen molar-refractivity contribution in [3.05, 3.63) is 0 Å². The van der Waals surface area contributed by atoms with Gasteiger partial charge in [-0.05, 0) is 12.8 Å². The smallest absolute Gasteiger partial charge is 0.231 e. The molecule has 3 nitrogen and oxygen atoms in total. The highest BCUT2D eigenvalue weighted by molar-refractivity contribution is 7.77. The summed E-state index contributed by atoms with van der Waals surface area (Å²) in [6.45, 7) is 3.96. The predicted octanol–water partition coefficient (Wildman–Crippen LogP) is 0.901. The largest absolute Gasteiger partial charge is 0.294 e. The lowest BCUT2D eigenvalue weighted by Gasteiger charge is -2.09. The maximum atomic E-state index is 10.1. The molecule has 0 amide bonds. The minimum Gasteiger partial charge on any atom is -0.294 e. The second-order valence-corrected chi connectivity index (χ2v) is 2.61. The van der Waals surface area contributed by atoms with Gasteiger partial charge in [0, 0.05) is 6.04 Å². The molecular formula is C5H13NO2S. The minimum absolute atomic E-state index is 0.177. The van der Waals surface area contributed by atoms with Crippen molar-refractivity contribution in [1.82, 2.24) is 4.72 Å². The van der Waals surface area contributed by atoms with Gasteiger partial charge in [-0.1, -0.05) is 13.8 Å². The minimum atomic E-state index is -1.85. The summed E-state index contributed by atoms with van der Waals surface area (Å²) >= 11 is -1.85. The quantitative estimate of drug-likeness (QED) is 0.586. The molecular weight excluding hydrogens is 138 g/mol. The molecule has 1 unspecified atom stereocenters. The zero-order chi connectivity index (χ0) is 7.28. The van der Waals surface area contributed by atoms with Gasteiger partial charge in [-0.25, -0.2) is 8.93 Å². The third-order valence-corrected chi connectivity index (χ3v) is 1.79.